The molecule has 0 bridgehead atoms. The number of aliphatic hydroxyl groups is 1. The summed E-state index contributed by atoms with van der Waals surface area (Å²) in [6, 6.07) is 14.2. The fraction of sp³-hybridized carbons (Fsp3) is 0.480. The fourth-order valence-corrected chi connectivity index (χ4v) is 4.65. The summed E-state index contributed by atoms with van der Waals surface area (Å²) in [5.74, 6) is 0.415. The van der Waals surface area contributed by atoms with Gasteiger partial charge in [-0.05, 0) is 90.2 Å². The number of halogens is 1. The van der Waals surface area contributed by atoms with Gasteiger partial charge in [-0.2, -0.15) is 0 Å². The van der Waals surface area contributed by atoms with Crippen molar-refractivity contribution in [2.24, 2.45) is 5.92 Å². The molecule has 1 unspecified atom stereocenters. The number of rotatable bonds is 11. The van der Waals surface area contributed by atoms with E-state index in [1.165, 1.54) is 11.1 Å². The first kappa shape index (κ1) is 23.8. The highest BCUT2D eigenvalue weighted by Crippen LogP contribution is 2.32. The van der Waals surface area contributed by atoms with Crippen LogP contribution in [-0.4, -0.2) is 41.0 Å². The van der Waals surface area contributed by atoms with Gasteiger partial charge in [-0.1, -0.05) is 30.3 Å². The number of aliphatic hydroxyl groups excluding tert-OH is 1. The molecule has 1 aliphatic carbocycles. The summed E-state index contributed by atoms with van der Waals surface area (Å²) in [6.45, 7) is 4.99. The number of ether oxygens (including phenoxy) is 1. The smallest absolute Gasteiger partial charge is 0.303 e. The predicted octanol–water partition coefficient (Wildman–Crippen LogP) is 4.38. The number of carboxylic acids is 1. The van der Waals surface area contributed by atoms with Crippen molar-refractivity contribution in [2.75, 3.05) is 13.2 Å². The van der Waals surface area contributed by atoms with Gasteiger partial charge in [0.1, 0.15) is 18.5 Å². The van der Waals surface area contributed by atoms with Crippen LogP contribution in [-0.2, 0) is 24.1 Å². The number of hydrogen-bond donors (Lipinski definition) is 3. The number of aryl methyl sites for hydroxylation is 1. The third kappa shape index (κ3) is 7.34. The first-order valence-electron chi connectivity index (χ1n) is 10.8. The molecule has 0 aliphatic heterocycles. The number of β-amino-alcohol motifs (C(OH)–C–C–N with tert-alkyl or cyclic N) is 1. The Morgan fingerprint density at radius 1 is 1.23 bits per heavy atom. The molecule has 2 aromatic rings. The van der Waals surface area contributed by atoms with Crippen molar-refractivity contribution in [2.45, 2.75) is 57.6 Å². The van der Waals surface area contributed by atoms with Crippen LogP contribution in [0, 0.1) is 5.92 Å². The molecule has 5 nitrogen and oxygen atoms in total. The third-order valence-corrected chi connectivity index (χ3v) is 6.46. The molecular formula is C25H32BrNO4. The Labute approximate surface area is 193 Å². The molecule has 0 radical (unpaired) electrons. The quantitative estimate of drug-likeness (QED) is 0.436. The Bertz CT molecular complexity index is 874. The van der Waals surface area contributed by atoms with Gasteiger partial charge in [0.15, 0.2) is 0 Å². The summed E-state index contributed by atoms with van der Waals surface area (Å²) in [5.41, 5.74) is 3.75. The molecule has 0 saturated heterocycles. The first-order valence-corrected chi connectivity index (χ1v) is 11.6. The van der Waals surface area contributed by atoms with E-state index in [1.54, 1.807) is 0 Å². The zero-order valence-corrected chi connectivity index (χ0v) is 19.8. The van der Waals surface area contributed by atoms with Gasteiger partial charge in [-0.25, -0.2) is 0 Å². The highest BCUT2D eigenvalue weighted by molar-refractivity contribution is 9.10. The second kappa shape index (κ2) is 10.6. The average Bonchev–Trinajstić information content (AvgIpc) is 3.12. The van der Waals surface area contributed by atoms with Crippen molar-refractivity contribution in [3.8, 4) is 5.75 Å². The number of nitrogens with one attached hydrogen (secondary N) is 1. The average molecular weight is 490 g/mol. The Hall–Kier alpha value is -1.89. The molecule has 3 rings (SSSR count). The highest BCUT2D eigenvalue weighted by Gasteiger charge is 2.28. The summed E-state index contributed by atoms with van der Waals surface area (Å²) < 4.78 is 6.59. The molecule has 0 spiro atoms. The molecule has 0 saturated carbocycles. The van der Waals surface area contributed by atoms with Gasteiger partial charge in [0.25, 0.3) is 0 Å². The zero-order valence-electron chi connectivity index (χ0n) is 18.2. The van der Waals surface area contributed by atoms with Crippen LogP contribution in [0.5, 0.6) is 5.75 Å². The minimum absolute atomic E-state index is 0.0782. The van der Waals surface area contributed by atoms with Crippen LogP contribution < -0.4 is 10.1 Å². The summed E-state index contributed by atoms with van der Waals surface area (Å²) >= 11 is 3.45. The molecule has 168 valence electrons. The van der Waals surface area contributed by atoms with Crippen LogP contribution in [0.25, 0.3) is 0 Å². The van der Waals surface area contributed by atoms with Crippen molar-refractivity contribution in [1.82, 2.24) is 5.32 Å². The summed E-state index contributed by atoms with van der Waals surface area (Å²) in [4.78, 5) is 10.8. The maximum Gasteiger partial charge on any atom is 0.303 e. The number of fused-ring (bicyclic) bond motifs is 1. The molecule has 31 heavy (non-hydrogen) atoms. The molecule has 2 aromatic carbocycles. The van der Waals surface area contributed by atoms with E-state index in [4.69, 9.17) is 9.84 Å². The molecule has 6 heteroatoms. The summed E-state index contributed by atoms with van der Waals surface area (Å²) in [5, 5.41) is 22.8. The van der Waals surface area contributed by atoms with Crippen LogP contribution in [0.15, 0.2) is 46.9 Å². The molecule has 0 aromatic heterocycles. The largest absolute Gasteiger partial charge is 0.490 e. The second-order valence-corrected chi connectivity index (χ2v) is 9.99. The highest BCUT2D eigenvalue weighted by atomic mass is 79.9. The fourth-order valence-electron chi connectivity index (χ4n) is 4.29. The van der Waals surface area contributed by atoms with Gasteiger partial charge in [0, 0.05) is 18.5 Å². The maximum atomic E-state index is 10.8. The Kier molecular flexibility index (Phi) is 8.14. The molecule has 1 aliphatic rings. The van der Waals surface area contributed by atoms with E-state index in [2.05, 4.69) is 59.4 Å². The van der Waals surface area contributed by atoms with Gasteiger partial charge < -0.3 is 20.3 Å². The van der Waals surface area contributed by atoms with E-state index < -0.39 is 12.1 Å². The van der Waals surface area contributed by atoms with E-state index in [-0.39, 0.29) is 18.6 Å². The van der Waals surface area contributed by atoms with E-state index in [1.807, 2.05) is 18.2 Å². The lowest BCUT2D eigenvalue weighted by Crippen LogP contribution is -2.46. The van der Waals surface area contributed by atoms with Gasteiger partial charge in [0.2, 0.25) is 0 Å². The third-order valence-electron chi connectivity index (χ3n) is 5.81. The molecule has 1 atom stereocenters. The molecular weight excluding hydrogens is 458 g/mol. The summed E-state index contributed by atoms with van der Waals surface area (Å²) in [6.07, 6.45) is 3.18. The Morgan fingerprint density at radius 3 is 2.55 bits per heavy atom. The van der Waals surface area contributed by atoms with Crippen molar-refractivity contribution in [1.29, 1.82) is 0 Å². The number of hydrogen-bond acceptors (Lipinski definition) is 4. The number of carbonyl (C=O) groups is 1. The van der Waals surface area contributed by atoms with Crippen molar-refractivity contribution in [3.05, 3.63) is 63.6 Å². The van der Waals surface area contributed by atoms with Crippen LogP contribution in [0.2, 0.25) is 0 Å². The minimum atomic E-state index is -0.823. The Morgan fingerprint density at radius 2 is 1.90 bits per heavy atom. The molecule has 0 heterocycles. The first-order chi connectivity index (χ1) is 14.7. The molecule has 0 fully saturated rings. The molecule has 3 N–H and O–H groups in total. The lowest BCUT2D eigenvalue weighted by atomic mass is 9.88. The van der Waals surface area contributed by atoms with Crippen LogP contribution in [0.1, 0.15) is 43.4 Å². The van der Waals surface area contributed by atoms with Gasteiger partial charge in [-0.3, -0.25) is 4.79 Å². The maximum absolute atomic E-state index is 10.8. The number of benzene rings is 2. The lowest BCUT2D eigenvalue weighted by Gasteiger charge is -2.30. The minimum Gasteiger partial charge on any atom is -0.490 e. The van der Waals surface area contributed by atoms with E-state index in [0.29, 0.717) is 24.6 Å². The van der Waals surface area contributed by atoms with Crippen LogP contribution in [0.3, 0.4) is 0 Å². The number of carboxylic acid groups (broad SMARTS) is 1. The normalized spacial score (nSPS) is 15.0. The molecule has 0 amide bonds. The van der Waals surface area contributed by atoms with Crippen molar-refractivity contribution < 1.29 is 19.7 Å². The number of aliphatic carboxylic acids is 1. The second-order valence-electron chi connectivity index (χ2n) is 9.14. The SMILES string of the molecule is CC(C)(CC1Cc2ccccc2C1)NCC(O)COc1cc(CCC(=O)O)ccc1Br. The standard InChI is InChI=1S/C25H32BrNO4/c1-25(2,14-18-11-19-5-3-4-6-20(19)12-18)27-15-21(28)16-31-23-13-17(7-9-22(23)26)8-10-24(29)30/h3-7,9,13,18,21,27-28H,8,10-12,14-16H2,1-2H3,(H,29,30). The zero-order chi connectivity index (χ0) is 22.4. The monoisotopic (exact) mass is 489 g/mol. The van der Waals surface area contributed by atoms with Crippen LogP contribution >= 0.6 is 15.9 Å². The van der Waals surface area contributed by atoms with Gasteiger partial charge >= 0.3 is 5.97 Å². The van der Waals surface area contributed by atoms with E-state index in [0.717, 1.165) is 29.3 Å². The van der Waals surface area contributed by atoms with Crippen molar-refractivity contribution >= 4 is 21.9 Å². The van der Waals surface area contributed by atoms with Crippen molar-refractivity contribution in [3.63, 3.8) is 0 Å². The van der Waals surface area contributed by atoms with E-state index >= 15 is 0 Å². The van der Waals surface area contributed by atoms with E-state index in [9.17, 15) is 9.90 Å². The Balaban J connectivity index is 1.44. The topological polar surface area (TPSA) is 78.8 Å². The van der Waals surface area contributed by atoms with Gasteiger partial charge in [-0.15, -0.1) is 0 Å². The predicted molar refractivity (Wildman–Crippen MR) is 126 cm³/mol. The lowest BCUT2D eigenvalue weighted by molar-refractivity contribution is -0.136. The van der Waals surface area contributed by atoms with Crippen LogP contribution in [0.4, 0.5) is 0 Å². The van der Waals surface area contributed by atoms with Gasteiger partial charge in [0.05, 0.1) is 4.47 Å². The summed E-state index contributed by atoms with van der Waals surface area (Å²) in [7, 11) is 0.